The Labute approximate surface area is 143 Å². The minimum Gasteiger partial charge on any atom is -0.395 e. The van der Waals surface area contributed by atoms with E-state index in [9.17, 15) is 4.79 Å². The molecule has 0 unspecified atom stereocenters. The van der Waals surface area contributed by atoms with Gasteiger partial charge in [-0.2, -0.15) is 0 Å². The predicted octanol–water partition coefficient (Wildman–Crippen LogP) is 3.68. The molecule has 1 amide bonds. The number of para-hydroxylation sites is 1. The molecule has 1 N–H and O–H groups in total. The van der Waals surface area contributed by atoms with Crippen LogP contribution in [0.1, 0.15) is 10.4 Å². The minimum atomic E-state index is -0.137. The van der Waals surface area contributed by atoms with Crippen molar-refractivity contribution in [1.29, 1.82) is 0 Å². The lowest BCUT2D eigenvalue weighted by Crippen LogP contribution is -2.29. The van der Waals surface area contributed by atoms with Crippen molar-refractivity contribution in [1.82, 2.24) is 9.88 Å². The van der Waals surface area contributed by atoms with Gasteiger partial charge >= 0.3 is 0 Å². The Bertz CT molecular complexity index is 863. The van der Waals surface area contributed by atoms with E-state index < -0.39 is 0 Å². The molecule has 0 fully saturated rings. The van der Waals surface area contributed by atoms with Crippen molar-refractivity contribution in [3.8, 4) is 10.6 Å². The third-order valence-electron chi connectivity index (χ3n) is 3.55. The van der Waals surface area contributed by atoms with E-state index >= 15 is 0 Å². The molecule has 0 atom stereocenters. The van der Waals surface area contributed by atoms with Gasteiger partial charge in [-0.05, 0) is 24.3 Å². The Morgan fingerprint density at radius 1 is 1.30 bits per heavy atom. The predicted molar refractivity (Wildman–Crippen MR) is 94.1 cm³/mol. The average Bonchev–Trinajstić information content (AvgIpc) is 3.00. The lowest BCUT2D eigenvalue weighted by Gasteiger charge is -2.17. The van der Waals surface area contributed by atoms with Gasteiger partial charge in [-0.3, -0.25) is 4.79 Å². The highest BCUT2D eigenvalue weighted by molar-refractivity contribution is 7.19. The molecule has 0 radical (unpaired) electrons. The van der Waals surface area contributed by atoms with E-state index in [2.05, 4.69) is 4.98 Å². The van der Waals surface area contributed by atoms with E-state index in [-0.39, 0.29) is 19.1 Å². The smallest absolute Gasteiger partial charge is 0.254 e. The molecule has 0 bridgehead atoms. The van der Waals surface area contributed by atoms with E-state index in [1.165, 1.54) is 16.2 Å². The number of nitrogens with zero attached hydrogens (tertiary/aromatic N) is 2. The number of pyridine rings is 1. The molecule has 0 aliphatic carbocycles. The lowest BCUT2D eigenvalue weighted by atomic mass is 10.1. The summed E-state index contributed by atoms with van der Waals surface area (Å²) in [6.45, 7) is 0.217. The number of aliphatic hydroxyl groups is 1. The van der Waals surface area contributed by atoms with Gasteiger partial charge in [0.1, 0.15) is 0 Å². The summed E-state index contributed by atoms with van der Waals surface area (Å²) < 4.78 is 0.681. The molecule has 1 aromatic carbocycles. The van der Waals surface area contributed by atoms with Crippen molar-refractivity contribution in [3.63, 3.8) is 0 Å². The highest BCUT2D eigenvalue weighted by Gasteiger charge is 2.17. The van der Waals surface area contributed by atoms with Gasteiger partial charge in [-0.25, -0.2) is 4.98 Å². The fourth-order valence-corrected chi connectivity index (χ4v) is 3.39. The lowest BCUT2D eigenvalue weighted by molar-refractivity contribution is 0.0769. The Balaban J connectivity index is 2.16. The minimum absolute atomic E-state index is 0.0708. The number of rotatable bonds is 4. The maximum absolute atomic E-state index is 12.7. The molecule has 0 aliphatic heterocycles. The van der Waals surface area contributed by atoms with Crippen LogP contribution in [-0.2, 0) is 0 Å². The van der Waals surface area contributed by atoms with Gasteiger partial charge < -0.3 is 10.0 Å². The van der Waals surface area contributed by atoms with Crippen molar-refractivity contribution in [2.24, 2.45) is 0 Å². The number of benzene rings is 1. The number of hydrogen-bond acceptors (Lipinski definition) is 4. The quantitative estimate of drug-likeness (QED) is 0.784. The van der Waals surface area contributed by atoms with Crippen LogP contribution in [0.25, 0.3) is 21.5 Å². The van der Waals surface area contributed by atoms with E-state index in [1.54, 1.807) is 13.1 Å². The molecule has 3 aromatic rings. The van der Waals surface area contributed by atoms with Crippen LogP contribution in [-0.4, -0.2) is 41.1 Å². The number of carbonyl (C=O) groups is 1. The second-order valence-electron chi connectivity index (χ2n) is 5.13. The number of carbonyl (C=O) groups excluding carboxylic acids is 1. The Hall–Kier alpha value is -1.95. The van der Waals surface area contributed by atoms with Crippen LogP contribution in [0, 0.1) is 0 Å². The van der Waals surface area contributed by atoms with Crippen molar-refractivity contribution in [2.45, 2.75) is 0 Å². The van der Waals surface area contributed by atoms with Crippen molar-refractivity contribution in [3.05, 3.63) is 52.4 Å². The summed E-state index contributed by atoms with van der Waals surface area (Å²) in [6, 6.07) is 13.1. The first-order chi connectivity index (χ1) is 11.1. The van der Waals surface area contributed by atoms with E-state index in [0.717, 1.165) is 21.5 Å². The molecule has 23 heavy (non-hydrogen) atoms. The summed E-state index contributed by atoms with van der Waals surface area (Å²) >= 11 is 7.44. The van der Waals surface area contributed by atoms with E-state index in [0.29, 0.717) is 9.90 Å². The molecular weight excluding hydrogens is 332 g/mol. The van der Waals surface area contributed by atoms with Gasteiger partial charge in [0.25, 0.3) is 5.91 Å². The second-order valence-corrected chi connectivity index (χ2v) is 6.84. The van der Waals surface area contributed by atoms with Gasteiger partial charge in [-0.15, -0.1) is 11.3 Å². The van der Waals surface area contributed by atoms with E-state index in [1.807, 2.05) is 36.4 Å². The van der Waals surface area contributed by atoms with Crippen LogP contribution in [0.4, 0.5) is 0 Å². The zero-order valence-corrected chi connectivity index (χ0v) is 14.1. The van der Waals surface area contributed by atoms with Crippen molar-refractivity contribution < 1.29 is 9.90 Å². The summed E-state index contributed by atoms with van der Waals surface area (Å²) in [5.74, 6) is -0.137. The monoisotopic (exact) mass is 346 g/mol. The van der Waals surface area contributed by atoms with Gasteiger partial charge in [0.2, 0.25) is 0 Å². The molecule has 4 nitrogen and oxygen atoms in total. The fourth-order valence-electron chi connectivity index (χ4n) is 2.39. The Morgan fingerprint density at radius 3 is 2.78 bits per heavy atom. The number of amides is 1. The summed E-state index contributed by atoms with van der Waals surface area (Å²) in [4.78, 5) is 19.8. The molecule has 118 valence electrons. The van der Waals surface area contributed by atoms with Crippen LogP contribution in [0.15, 0.2) is 42.5 Å². The largest absolute Gasteiger partial charge is 0.395 e. The molecule has 6 heteroatoms. The van der Waals surface area contributed by atoms with Crippen LogP contribution in [0.3, 0.4) is 0 Å². The van der Waals surface area contributed by atoms with Crippen molar-refractivity contribution in [2.75, 3.05) is 20.2 Å². The average molecular weight is 347 g/mol. The second kappa shape index (κ2) is 6.66. The van der Waals surface area contributed by atoms with Gasteiger partial charge in [-0.1, -0.05) is 29.8 Å². The summed E-state index contributed by atoms with van der Waals surface area (Å²) in [7, 11) is 1.68. The number of aliphatic hydroxyl groups excluding tert-OH is 1. The number of aromatic nitrogens is 1. The fraction of sp³-hybridized carbons (Fsp3) is 0.176. The molecule has 3 rings (SSSR count). The third-order valence-corrected chi connectivity index (χ3v) is 4.81. The number of likely N-dealkylation sites (N-methyl/N-ethyl adjacent to an activating group) is 1. The van der Waals surface area contributed by atoms with Crippen LogP contribution in [0.2, 0.25) is 4.34 Å². The standard InChI is InChI=1S/C17H15ClN2O2S/c1-20(8-9-21)17(22)12-10-14(15-6-7-16(18)23-15)19-13-5-3-2-4-11(12)13/h2-7,10,21H,8-9H2,1H3. The van der Waals surface area contributed by atoms with Crippen LogP contribution < -0.4 is 0 Å². The molecule has 0 aliphatic rings. The third kappa shape index (κ3) is 3.22. The zero-order chi connectivity index (χ0) is 16.4. The Morgan fingerprint density at radius 2 is 2.09 bits per heavy atom. The number of halogens is 1. The zero-order valence-electron chi connectivity index (χ0n) is 12.5. The van der Waals surface area contributed by atoms with Gasteiger partial charge in [0.15, 0.2) is 0 Å². The number of thiophene rings is 1. The van der Waals surface area contributed by atoms with Gasteiger partial charge in [0.05, 0.1) is 32.6 Å². The van der Waals surface area contributed by atoms with Gasteiger partial charge in [0, 0.05) is 19.0 Å². The summed E-state index contributed by atoms with van der Waals surface area (Å²) in [5.41, 5.74) is 2.06. The maximum Gasteiger partial charge on any atom is 0.254 e. The maximum atomic E-state index is 12.7. The molecule has 2 heterocycles. The van der Waals surface area contributed by atoms with Crippen LogP contribution >= 0.6 is 22.9 Å². The highest BCUT2D eigenvalue weighted by Crippen LogP contribution is 2.32. The molecular formula is C17H15ClN2O2S. The number of fused-ring (bicyclic) bond motifs is 1. The highest BCUT2D eigenvalue weighted by atomic mass is 35.5. The first-order valence-electron chi connectivity index (χ1n) is 7.12. The summed E-state index contributed by atoms with van der Waals surface area (Å²) in [6.07, 6.45) is 0. The molecule has 0 saturated carbocycles. The number of hydrogen-bond donors (Lipinski definition) is 1. The van der Waals surface area contributed by atoms with E-state index in [4.69, 9.17) is 16.7 Å². The Kier molecular flexibility index (Phi) is 4.61. The first-order valence-corrected chi connectivity index (χ1v) is 8.31. The first kappa shape index (κ1) is 15.9. The van der Waals surface area contributed by atoms with Crippen LogP contribution in [0.5, 0.6) is 0 Å². The SMILES string of the molecule is CN(CCO)C(=O)c1cc(-c2ccc(Cl)s2)nc2ccccc12. The molecule has 2 aromatic heterocycles. The van der Waals surface area contributed by atoms with Crippen molar-refractivity contribution >= 4 is 39.7 Å². The summed E-state index contributed by atoms with van der Waals surface area (Å²) in [5, 5.41) is 9.86. The molecule has 0 saturated heterocycles. The molecule has 0 spiro atoms. The topological polar surface area (TPSA) is 53.4 Å². The normalized spacial score (nSPS) is 10.9.